The number of carbonyl (C=O) groups is 1. The van der Waals surface area contributed by atoms with Gasteiger partial charge in [0.2, 0.25) is 0 Å². The molecule has 1 aromatic carbocycles. The van der Waals surface area contributed by atoms with E-state index in [9.17, 15) is 9.18 Å². The summed E-state index contributed by atoms with van der Waals surface area (Å²) in [7, 11) is 1.93. The fraction of sp³-hybridized carbons (Fsp3) is 0.500. The molecule has 4 heteroatoms. The molecule has 0 aromatic heterocycles. The summed E-state index contributed by atoms with van der Waals surface area (Å²) in [6.07, 6.45) is 3.53. The number of hydrogen-bond donors (Lipinski definition) is 2. The molecule has 1 saturated carbocycles. The Hall–Kier alpha value is -1.42. The molecule has 0 spiro atoms. The zero-order valence-electron chi connectivity index (χ0n) is 10.6. The SMILES string of the molecule is CNCC1(CNC(=O)c2ccc(F)cc2)CCC1. The lowest BCUT2D eigenvalue weighted by atomic mass is 9.68. The Labute approximate surface area is 107 Å². The van der Waals surface area contributed by atoms with E-state index in [1.807, 2.05) is 7.05 Å². The topological polar surface area (TPSA) is 41.1 Å². The van der Waals surface area contributed by atoms with Crippen LogP contribution in [0.5, 0.6) is 0 Å². The van der Waals surface area contributed by atoms with Crippen molar-refractivity contribution in [2.24, 2.45) is 5.41 Å². The molecule has 3 nitrogen and oxygen atoms in total. The van der Waals surface area contributed by atoms with Gasteiger partial charge in [-0.1, -0.05) is 6.42 Å². The van der Waals surface area contributed by atoms with Gasteiger partial charge in [-0.05, 0) is 44.2 Å². The van der Waals surface area contributed by atoms with E-state index in [0.29, 0.717) is 12.1 Å². The molecular formula is C14H19FN2O. The molecule has 1 fully saturated rings. The molecule has 1 amide bonds. The van der Waals surface area contributed by atoms with Gasteiger partial charge in [0.1, 0.15) is 5.82 Å². The van der Waals surface area contributed by atoms with E-state index in [1.54, 1.807) is 0 Å². The molecule has 0 heterocycles. The predicted molar refractivity (Wildman–Crippen MR) is 68.9 cm³/mol. The van der Waals surface area contributed by atoms with Gasteiger partial charge in [0, 0.05) is 24.1 Å². The van der Waals surface area contributed by atoms with Crippen LogP contribution in [-0.4, -0.2) is 26.0 Å². The highest BCUT2D eigenvalue weighted by atomic mass is 19.1. The van der Waals surface area contributed by atoms with Crippen LogP contribution in [0.25, 0.3) is 0 Å². The maximum absolute atomic E-state index is 12.7. The lowest BCUT2D eigenvalue weighted by Gasteiger charge is -2.42. The summed E-state index contributed by atoms with van der Waals surface area (Å²) in [5, 5.41) is 6.13. The van der Waals surface area contributed by atoms with Crippen LogP contribution in [0.2, 0.25) is 0 Å². The van der Waals surface area contributed by atoms with E-state index in [4.69, 9.17) is 0 Å². The Morgan fingerprint density at radius 1 is 1.28 bits per heavy atom. The lowest BCUT2D eigenvalue weighted by Crippen LogP contribution is -2.47. The van der Waals surface area contributed by atoms with Crippen molar-refractivity contribution in [3.8, 4) is 0 Å². The van der Waals surface area contributed by atoms with Crippen LogP contribution in [0, 0.1) is 11.2 Å². The Morgan fingerprint density at radius 3 is 2.44 bits per heavy atom. The van der Waals surface area contributed by atoms with E-state index in [-0.39, 0.29) is 17.1 Å². The maximum atomic E-state index is 12.7. The van der Waals surface area contributed by atoms with Crippen molar-refractivity contribution in [2.45, 2.75) is 19.3 Å². The molecule has 98 valence electrons. The van der Waals surface area contributed by atoms with Crippen molar-refractivity contribution < 1.29 is 9.18 Å². The molecule has 2 N–H and O–H groups in total. The number of hydrogen-bond acceptors (Lipinski definition) is 2. The number of amides is 1. The van der Waals surface area contributed by atoms with E-state index >= 15 is 0 Å². The highest BCUT2D eigenvalue weighted by Crippen LogP contribution is 2.39. The molecule has 2 rings (SSSR count). The molecular weight excluding hydrogens is 231 g/mol. The predicted octanol–water partition coefficient (Wildman–Crippen LogP) is 1.95. The van der Waals surface area contributed by atoms with Crippen LogP contribution in [0.1, 0.15) is 29.6 Å². The monoisotopic (exact) mass is 250 g/mol. The maximum Gasteiger partial charge on any atom is 0.251 e. The van der Waals surface area contributed by atoms with E-state index < -0.39 is 0 Å². The quantitative estimate of drug-likeness (QED) is 0.838. The average molecular weight is 250 g/mol. The van der Waals surface area contributed by atoms with Gasteiger partial charge in [-0.15, -0.1) is 0 Å². The van der Waals surface area contributed by atoms with E-state index in [0.717, 1.165) is 19.4 Å². The summed E-state index contributed by atoms with van der Waals surface area (Å²) in [6.45, 7) is 1.61. The van der Waals surface area contributed by atoms with Crippen molar-refractivity contribution in [1.29, 1.82) is 0 Å². The van der Waals surface area contributed by atoms with Gasteiger partial charge < -0.3 is 10.6 Å². The summed E-state index contributed by atoms with van der Waals surface area (Å²) >= 11 is 0. The fourth-order valence-electron chi connectivity index (χ4n) is 2.44. The zero-order valence-corrected chi connectivity index (χ0v) is 10.6. The van der Waals surface area contributed by atoms with Crippen molar-refractivity contribution in [3.63, 3.8) is 0 Å². The van der Waals surface area contributed by atoms with Gasteiger partial charge in [0.25, 0.3) is 5.91 Å². The molecule has 1 aliphatic carbocycles. The van der Waals surface area contributed by atoms with Gasteiger partial charge in [0.05, 0.1) is 0 Å². The number of rotatable bonds is 5. The lowest BCUT2D eigenvalue weighted by molar-refractivity contribution is 0.0862. The summed E-state index contributed by atoms with van der Waals surface area (Å²) in [4.78, 5) is 11.9. The minimum absolute atomic E-state index is 0.127. The van der Waals surface area contributed by atoms with Gasteiger partial charge in [-0.2, -0.15) is 0 Å². The molecule has 1 aromatic rings. The second-order valence-electron chi connectivity index (χ2n) is 5.07. The minimum atomic E-state index is -0.322. The molecule has 0 aliphatic heterocycles. The first-order chi connectivity index (χ1) is 8.65. The first-order valence-corrected chi connectivity index (χ1v) is 6.34. The largest absolute Gasteiger partial charge is 0.351 e. The van der Waals surface area contributed by atoms with Gasteiger partial charge >= 0.3 is 0 Å². The first kappa shape index (κ1) is 13.0. The second-order valence-corrected chi connectivity index (χ2v) is 5.07. The summed E-state index contributed by atoms with van der Waals surface area (Å²) in [6, 6.07) is 5.63. The van der Waals surface area contributed by atoms with E-state index in [2.05, 4.69) is 10.6 Å². The molecule has 0 radical (unpaired) electrons. The van der Waals surface area contributed by atoms with Crippen molar-refractivity contribution in [1.82, 2.24) is 10.6 Å². The highest BCUT2D eigenvalue weighted by Gasteiger charge is 2.36. The third kappa shape index (κ3) is 2.88. The Bertz CT molecular complexity index is 412. The normalized spacial score (nSPS) is 17.0. The van der Waals surface area contributed by atoms with Crippen LogP contribution < -0.4 is 10.6 Å². The summed E-state index contributed by atoms with van der Waals surface area (Å²) in [5.41, 5.74) is 0.722. The van der Waals surface area contributed by atoms with Crippen molar-refractivity contribution >= 4 is 5.91 Å². The van der Waals surface area contributed by atoms with Crippen molar-refractivity contribution in [2.75, 3.05) is 20.1 Å². The average Bonchev–Trinajstić information content (AvgIpc) is 2.33. The molecule has 18 heavy (non-hydrogen) atoms. The standard InChI is InChI=1S/C14H19FN2O/c1-16-9-14(7-2-8-14)10-17-13(18)11-3-5-12(15)6-4-11/h3-6,16H,2,7-10H2,1H3,(H,17,18). The van der Waals surface area contributed by atoms with Crippen LogP contribution in [-0.2, 0) is 0 Å². The second kappa shape index (κ2) is 5.48. The van der Waals surface area contributed by atoms with Crippen LogP contribution in [0.4, 0.5) is 4.39 Å². The number of benzene rings is 1. The Kier molecular flexibility index (Phi) is 3.97. The smallest absolute Gasteiger partial charge is 0.251 e. The summed E-state index contributed by atoms with van der Waals surface area (Å²) in [5.74, 6) is -0.449. The van der Waals surface area contributed by atoms with Crippen LogP contribution in [0.15, 0.2) is 24.3 Å². The van der Waals surface area contributed by atoms with Gasteiger partial charge in [-0.3, -0.25) is 4.79 Å². The van der Waals surface area contributed by atoms with E-state index in [1.165, 1.54) is 30.7 Å². The first-order valence-electron chi connectivity index (χ1n) is 6.34. The third-order valence-electron chi connectivity index (χ3n) is 3.70. The number of halogens is 1. The number of carbonyl (C=O) groups excluding carboxylic acids is 1. The van der Waals surface area contributed by atoms with Crippen LogP contribution >= 0.6 is 0 Å². The minimum Gasteiger partial charge on any atom is -0.351 e. The van der Waals surface area contributed by atoms with Crippen LogP contribution in [0.3, 0.4) is 0 Å². The molecule has 0 saturated heterocycles. The Balaban J connectivity index is 1.89. The number of nitrogens with one attached hydrogen (secondary N) is 2. The third-order valence-corrected chi connectivity index (χ3v) is 3.70. The summed E-state index contributed by atoms with van der Waals surface area (Å²) < 4.78 is 12.7. The van der Waals surface area contributed by atoms with Crippen molar-refractivity contribution in [3.05, 3.63) is 35.6 Å². The van der Waals surface area contributed by atoms with Gasteiger partial charge in [0.15, 0.2) is 0 Å². The molecule has 0 unspecified atom stereocenters. The Morgan fingerprint density at radius 2 is 1.94 bits per heavy atom. The van der Waals surface area contributed by atoms with Gasteiger partial charge in [-0.25, -0.2) is 4.39 Å². The highest BCUT2D eigenvalue weighted by molar-refractivity contribution is 5.94. The molecule has 0 atom stereocenters. The zero-order chi connectivity index (χ0) is 13.0. The molecule has 0 bridgehead atoms. The fourth-order valence-corrected chi connectivity index (χ4v) is 2.44. The molecule has 1 aliphatic rings.